The maximum atomic E-state index is 13.0. The molecule has 3 aromatic rings. The van der Waals surface area contributed by atoms with E-state index in [-0.39, 0.29) is 5.82 Å². The maximum Gasteiger partial charge on any atom is 0.202 e. The number of benzene rings is 2. The monoisotopic (exact) mass is 403 g/mol. The molecule has 0 spiro atoms. The molecule has 1 unspecified atom stereocenters. The van der Waals surface area contributed by atoms with Gasteiger partial charge < -0.3 is 18.9 Å². The van der Waals surface area contributed by atoms with E-state index in [9.17, 15) is 4.39 Å². The fraction of sp³-hybridized carbons (Fsp3) is 0.300. The topological polar surface area (TPSA) is 45.6 Å². The molecule has 0 saturated heterocycles. The number of ether oxygens (including phenoxy) is 2. The first-order valence-corrected chi connectivity index (χ1v) is 9.32. The third-order valence-electron chi connectivity index (χ3n) is 4.40. The second-order valence-electron chi connectivity index (χ2n) is 6.64. The molecule has 148 valence electrons. The van der Waals surface area contributed by atoms with Crippen LogP contribution in [-0.2, 0) is 26.9 Å². The Bertz CT molecular complexity index is 967. The third-order valence-corrected chi connectivity index (χ3v) is 4.88. The van der Waals surface area contributed by atoms with Crippen molar-refractivity contribution in [3.63, 3.8) is 0 Å². The molecule has 0 amide bonds. The van der Waals surface area contributed by atoms with E-state index in [0.29, 0.717) is 18.0 Å². The summed E-state index contributed by atoms with van der Waals surface area (Å²) >= 11 is 5.51. The van der Waals surface area contributed by atoms with Crippen LogP contribution in [0.2, 0.25) is 0 Å². The van der Waals surface area contributed by atoms with E-state index >= 15 is 0 Å². The van der Waals surface area contributed by atoms with Gasteiger partial charge in [-0.25, -0.2) is 4.39 Å². The minimum atomic E-state index is -0.227. The minimum absolute atomic E-state index is 0.227. The number of methoxy groups -OCH3 is 1. The Morgan fingerprint density at radius 2 is 1.71 bits per heavy atom. The van der Waals surface area contributed by atoms with Gasteiger partial charge in [0.2, 0.25) is 4.77 Å². The SMILES string of the molecule is COc1ccc(OCc2nn(C[NH+](C)Cc3ccc(F)cc3)c(=S)n2C)cc1. The van der Waals surface area contributed by atoms with Crippen LogP contribution in [0.4, 0.5) is 4.39 Å². The second kappa shape index (κ2) is 8.99. The molecular formula is C20H24FN4O2S+. The number of halogens is 1. The molecule has 1 aromatic heterocycles. The summed E-state index contributed by atoms with van der Waals surface area (Å²) in [5, 5.41) is 4.60. The summed E-state index contributed by atoms with van der Waals surface area (Å²) in [5.74, 6) is 2.03. The molecule has 1 heterocycles. The van der Waals surface area contributed by atoms with Crippen molar-refractivity contribution in [2.45, 2.75) is 19.8 Å². The molecule has 0 aliphatic carbocycles. The largest absolute Gasteiger partial charge is 0.497 e. The first-order valence-electron chi connectivity index (χ1n) is 8.91. The highest BCUT2D eigenvalue weighted by Crippen LogP contribution is 2.18. The van der Waals surface area contributed by atoms with Crippen LogP contribution >= 0.6 is 12.2 Å². The van der Waals surface area contributed by atoms with E-state index in [1.54, 1.807) is 23.9 Å². The van der Waals surface area contributed by atoms with Gasteiger partial charge in [-0.3, -0.25) is 0 Å². The van der Waals surface area contributed by atoms with Crippen molar-refractivity contribution in [2.75, 3.05) is 14.2 Å². The van der Waals surface area contributed by atoms with Crippen molar-refractivity contribution in [3.8, 4) is 11.5 Å². The first-order chi connectivity index (χ1) is 13.5. The van der Waals surface area contributed by atoms with Crippen molar-refractivity contribution >= 4 is 12.2 Å². The number of aromatic nitrogens is 3. The predicted octanol–water partition coefficient (Wildman–Crippen LogP) is 2.35. The quantitative estimate of drug-likeness (QED) is 0.587. The molecule has 2 aromatic carbocycles. The molecule has 0 saturated carbocycles. The average molecular weight is 404 g/mol. The first kappa shape index (κ1) is 20.0. The Balaban J connectivity index is 1.63. The predicted molar refractivity (Wildman–Crippen MR) is 106 cm³/mol. The van der Waals surface area contributed by atoms with E-state index in [1.165, 1.54) is 17.0 Å². The van der Waals surface area contributed by atoms with Crippen LogP contribution in [-0.4, -0.2) is 28.5 Å². The average Bonchev–Trinajstić information content (AvgIpc) is 2.96. The molecule has 6 nitrogen and oxygen atoms in total. The van der Waals surface area contributed by atoms with Gasteiger partial charge in [0.15, 0.2) is 12.5 Å². The van der Waals surface area contributed by atoms with E-state index in [2.05, 4.69) is 5.10 Å². The van der Waals surface area contributed by atoms with Gasteiger partial charge in [-0.05, 0) is 48.6 Å². The van der Waals surface area contributed by atoms with Gasteiger partial charge >= 0.3 is 0 Å². The summed E-state index contributed by atoms with van der Waals surface area (Å²) in [7, 11) is 5.56. The van der Waals surface area contributed by atoms with Gasteiger partial charge in [0.1, 0.15) is 30.5 Å². The molecule has 28 heavy (non-hydrogen) atoms. The maximum absolute atomic E-state index is 13.0. The Morgan fingerprint density at radius 3 is 2.36 bits per heavy atom. The summed E-state index contributed by atoms with van der Waals surface area (Å²) in [6.07, 6.45) is 0. The summed E-state index contributed by atoms with van der Waals surface area (Å²) in [4.78, 5) is 1.18. The lowest BCUT2D eigenvalue weighted by Crippen LogP contribution is -3.07. The van der Waals surface area contributed by atoms with Gasteiger partial charge in [-0.2, -0.15) is 4.68 Å². The number of rotatable bonds is 8. The molecule has 0 aliphatic heterocycles. The Kier molecular flexibility index (Phi) is 6.43. The Morgan fingerprint density at radius 1 is 1.07 bits per heavy atom. The summed E-state index contributed by atoms with van der Waals surface area (Å²) < 4.78 is 28.3. The fourth-order valence-electron chi connectivity index (χ4n) is 2.84. The standard InChI is InChI=1S/C20H23FN4O2S/c1-23(12-15-4-6-16(21)7-5-15)14-25-20(28)24(2)19(22-25)13-27-18-10-8-17(26-3)9-11-18/h4-11H,12-14H2,1-3H3/p+1. The highest BCUT2D eigenvalue weighted by atomic mass is 32.1. The van der Waals surface area contributed by atoms with Crippen LogP contribution in [0, 0.1) is 10.6 Å². The molecule has 0 bridgehead atoms. The molecule has 0 radical (unpaired) electrons. The van der Waals surface area contributed by atoms with Gasteiger partial charge in [0.25, 0.3) is 0 Å². The molecule has 1 atom stereocenters. The molecular weight excluding hydrogens is 379 g/mol. The van der Waals surface area contributed by atoms with Crippen molar-refractivity contribution < 1.29 is 18.8 Å². The number of hydrogen-bond donors (Lipinski definition) is 1. The smallest absolute Gasteiger partial charge is 0.202 e. The molecule has 1 N–H and O–H groups in total. The zero-order valence-electron chi connectivity index (χ0n) is 16.2. The normalized spacial score (nSPS) is 12.0. The lowest BCUT2D eigenvalue weighted by atomic mass is 10.2. The zero-order valence-corrected chi connectivity index (χ0v) is 17.0. The van der Waals surface area contributed by atoms with Crippen LogP contribution < -0.4 is 14.4 Å². The lowest BCUT2D eigenvalue weighted by Gasteiger charge is -2.13. The fourth-order valence-corrected chi connectivity index (χ4v) is 3.05. The molecule has 0 aliphatic rings. The van der Waals surface area contributed by atoms with Gasteiger partial charge in [0.05, 0.1) is 14.2 Å². The van der Waals surface area contributed by atoms with Crippen molar-refractivity contribution in [2.24, 2.45) is 7.05 Å². The number of quaternary nitrogens is 1. The third kappa shape index (κ3) is 4.96. The second-order valence-corrected chi connectivity index (χ2v) is 7.01. The number of hydrogen-bond acceptors (Lipinski definition) is 4. The van der Waals surface area contributed by atoms with Crippen molar-refractivity contribution in [1.82, 2.24) is 14.3 Å². The van der Waals surface area contributed by atoms with Crippen molar-refractivity contribution in [1.29, 1.82) is 0 Å². The van der Waals surface area contributed by atoms with Gasteiger partial charge in [-0.15, -0.1) is 5.10 Å². The van der Waals surface area contributed by atoms with E-state index < -0.39 is 0 Å². The highest BCUT2D eigenvalue weighted by molar-refractivity contribution is 7.71. The molecule has 8 heteroatoms. The van der Waals surface area contributed by atoms with E-state index in [1.807, 2.05) is 42.9 Å². The van der Waals surface area contributed by atoms with Gasteiger partial charge in [-0.1, -0.05) is 12.1 Å². The van der Waals surface area contributed by atoms with Crippen LogP contribution in [0.25, 0.3) is 0 Å². The zero-order chi connectivity index (χ0) is 20.1. The van der Waals surface area contributed by atoms with Crippen molar-refractivity contribution in [3.05, 3.63) is 70.5 Å². The summed E-state index contributed by atoms with van der Waals surface area (Å²) in [5.41, 5.74) is 1.06. The van der Waals surface area contributed by atoms with Crippen LogP contribution in [0.3, 0.4) is 0 Å². The van der Waals surface area contributed by atoms with Crippen LogP contribution in [0.5, 0.6) is 11.5 Å². The summed E-state index contributed by atoms with van der Waals surface area (Å²) in [6.45, 7) is 1.67. The Hall–Kier alpha value is -2.71. The summed E-state index contributed by atoms with van der Waals surface area (Å²) in [6, 6.07) is 13.9. The van der Waals surface area contributed by atoms with E-state index in [0.717, 1.165) is 29.4 Å². The van der Waals surface area contributed by atoms with Crippen LogP contribution in [0.1, 0.15) is 11.4 Å². The minimum Gasteiger partial charge on any atom is -0.497 e. The van der Waals surface area contributed by atoms with Gasteiger partial charge in [0, 0.05) is 12.6 Å². The highest BCUT2D eigenvalue weighted by Gasteiger charge is 2.12. The number of nitrogens with zero attached hydrogens (tertiary/aromatic N) is 3. The molecule has 3 rings (SSSR count). The Labute approximate surface area is 168 Å². The molecule has 0 fully saturated rings. The van der Waals surface area contributed by atoms with Crippen LogP contribution in [0.15, 0.2) is 48.5 Å². The lowest BCUT2D eigenvalue weighted by molar-refractivity contribution is -0.917. The number of nitrogens with one attached hydrogen (secondary N) is 1. The van der Waals surface area contributed by atoms with E-state index in [4.69, 9.17) is 21.7 Å².